The monoisotopic (exact) mass is 515 g/mol. The minimum atomic E-state index is -0.565. The lowest BCUT2D eigenvalue weighted by molar-refractivity contribution is -0.384. The van der Waals surface area contributed by atoms with Crippen LogP contribution in [0.3, 0.4) is 0 Å². The van der Waals surface area contributed by atoms with E-state index in [2.05, 4.69) is 37.2 Å². The van der Waals surface area contributed by atoms with E-state index in [9.17, 15) is 20.2 Å². The normalized spacial score (nSPS) is 11.0. The molecule has 0 aliphatic carbocycles. The molecular formula is C20H11Br2N3O4. The van der Waals surface area contributed by atoms with E-state index in [1.165, 1.54) is 18.2 Å². The summed E-state index contributed by atoms with van der Waals surface area (Å²) in [7, 11) is 0. The van der Waals surface area contributed by atoms with E-state index >= 15 is 0 Å². The highest BCUT2D eigenvalue weighted by molar-refractivity contribution is 9.10. The van der Waals surface area contributed by atoms with Crippen LogP contribution in [0.1, 0.15) is 5.76 Å². The molecule has 0 radical (unpaired) electrons. The number of anilines is 1. The van der Waals surface area contributed by atoms with Crippen molar-refractivity contribution in [1.82, 2.24) is 0 Å². The Kier molecular flexibility index (Phi) is 6.26. The molecule has 9 heteroatoms. The molecule has 1 amide bonds. The van der Waals surface area contributed by atoms with Gasteiger partial charge in [0.1, 0.15) is 23.2 Å². The summed E-state index contributed by atoms with van der Waals surface area (Å²) < 4.78 is 7.04. The number of hydrogen-bond donors (Lipinski definition) is 1. The van der Waals surface area contributed by atoms with Gasteiger partial charge in [0.2, 0.25) is 0 Å². The maximum atomic E-state index is 12.3. The fraction of sp³-hybridized carbons (Fsp3) is 0. The third-order valence-electron chi connectivity index (χ3n) is 3.81. The van der Waals surface area contributed by atoms with Gasteiger partial charge in [-0.05, 0) is 58.4 Å². The number of nitrogens with zero attached hydrogens (tertiary/aromatic N) is 2. The van der Waals surface area contributed by atoms with Crippen molar-refractivity contribution < 1.29 is 14.1 Å². The topological polar surface area (TPSA) is 109 Å². The van der Waals surface area contributed by atoms with Crippen molar-refractivity contribution in [3.8, 4) is 17.4 Å². The highest BCUT2D eigenvalue weighted by Gasteiger charge is 2.14. The average molecular weight is 517 g/mol. The standard InChI is InChI=1S/C20H11Br2N3O4/c21-13-1-3-14(4-2-13)24-20(26)12(11-23)9-16-6-8-19(29-16)17-7-5-15(25(27)28)10-18(17)22/h1-10H,(H,24,26)/b12-9+. The lowest BCUT2D eigenvalue weighted by Gasteiger charge is -2.04. The van der Waals surface area contributed by atoms with E-state index in [-0.39, 0.29) is 11.3 Å². The molecule has 3 rings (SSSR count). The first kappa shape index (κ1) is 20.5. The Balaban J connectivity index is 1.82. The first-order valence-electron chi connectivity index (χ1n) is 8.10. The first-order chi connectivity index (χ1) is 13.9. The van der Waals surface area contributed by atoms with E-state index in [4.69, 9.17) is 4.42 Å². The minimum Gasteiger partial charge on any atom is -0.457 e. The van der Waals surface area contributed by atoms with Crippen molar-refractivity contribution in [3.05, 3.63) is 85.0 Å². The summed E-state index contributed by atoms with van der Waals surface area (Å²) in [5.74, 6) is 0.167. The van der Waals surface area contributed by atoms with Crippen molar-refractivity contribution in [1.29, 1.82) is 5.26 Å². The second-order valence-corrected chi connectivity index (χ2v) is 7.52. The second-order valence-electron chi connectivity index (χ2n) is 5.75. The molecule has 144 valence electrons. The molecule has 0 spiro atoms. The van der Waals surface area contributed by atoms with Gasteiger partial charge in [0.15, 0.2) is 0 Å². The van der Waals surface area contributed by atoms with Gasteiger partial charge in [0.05, 0.1) is 4.92 Å². The Hall–Kier alpha value is -3.22. The van der Waals surface area contributed by atoms with Crippen molar-refractivity contribution in [2.75, 3.05) is 5.32 Å². The zero-order valence-corrected chi connectivity index (χ0v) is 17.7. The average Bonchev–Trinajstić information content (AvgIpc) is 3.16. The van der Waals surface area contributed by atoms with Crippen molar-refractivity contribution in [2.45, 2.75) is 0 Å². The lowest BCUT2D eigenvalue weighted by Crippen LogP contribution is -2.13. The molecule has 1 aromatic heterocycles. The Morgan fingerprint density at radius 1 is 1.14 bits per heavy atom. The number of benzene rings is 2. The van der Waals surface area contributed by atoms with Crippen molar-refractivity contribution in [2.24, 2.45) is 0 Å². The Morgan fingerprint density at radius 2 is 1.86 bits per heavy atom. The number of furan rings is 1. The summed E-state index contributed by atoms with van der Waals surface area (Å²) in [6.45, 7) is 0. The van der Waals surface area contributed by atoms with E-state index in [0.717, 1.165) is 4.47 Å². The molecule has 0 fully saturated rings. The number of carbonyl (C=O) groups excluding carboxylic acids is 1. The molecule has 0 saturated carbocycles. The van der Waals surface area contributed by atoms with Crippen LogP contribution in [0.5, 0.6) is 0 Å². The third-order valence-corrected chi connectivity index (χ3v) is 4.99. The van der Waals surface area contributed by atoms with Gasteiger partial charge in [-0.2, -0.15) is 5.26 Å². The molecule has 1 N–H and O–H groups in total. The van der Waals surface area contributed by atoms with Crippen LogP contribution >= 0.6 is 31.9 Å². The molecule has 7 nitrogen and oxygen atoms in total. The van der Waals surface area contributed by atoms with Gasteiger partial charge in [-0.1, -0.05) is 15.9 Å². The number of rotatable bonds is 5. The van der Waals surface area contributed by atoms with Gasteiger partial charge in [0.25, 0.3) is 11.6 Å². The van der Waals surface area contributed by atoms with Crippen LogP contribution in [0.2, 0.25) is 0 Å². The number of amides is 1. The number of nitro groups is 1. The third kappa shape index (κ3) is 4.99. The molecule has 0 bridgehead atoms. The van der Waals surface area contributed by atoms with Crippen LogP contribution in [0.15, 0.2) is 73.5 Å². The second kappa shape index (κ2) is 8.86. The molecule has 1 heterocycles. The first-order valence-corrected chi connectivity index (χ1v) is 9.69. The summed E-state index contributed by atoms with van der Waals surface area (Å²) in [4.78, 5) is 22.7. The Morgan fingerprint density at radius 3 is 2.48 bits per heavy atom. The molecule has 0 unspecified atom stereocenters. The predicted octanol–water partition coefficient (Wildman–Crippen LogP) is 5.93. The largest absolute Gasteiger partial charge is 0.457 e. The van der Waals surface area contributed by atoms with Crippen LogP contribution in [0, 0.1) is 21.4 Å². The van der Waals surface area contributed by atoms with Crippen LogP contribution in [-0.4, -0.2) is 10.8 Å². The van der Waals surface area contributed by atoms with Gasteiger partial charge in [-0.15, -0.1) is 0 Å². The quantitative estimate of drug-likeness (QED) is 0.196. The summed E-state index contributed by atoms with van der Waals surface area (Å²) >= 11 is 6.60. The zero-order chi connectivity index (χ0) is 21.0. The molecule has 29 heavy (non-hydrogen) atoms. The minimum absolute atomic E-state index is 0.0521. The van der Waals surface area contributed by atoms with E-state index in [0.29, 0.717) is 27.2 Å². The summed E-state index contributed by atoms with van der Waals surface area (Å²) in [6, 6.07) is 16.4. The molecular weight excluding hydrogens is 506 g/mol. The number of nitriles is 1. The zero-order valence-electron chi connectivity index (χ0n) is 14.6. The van der Waals surface area contributed by atoms with Crippen LogP contribution in [0.4, 0.5) is 11.4 Å². The summed E-state index contributed by atoms with van der Waals surface area (Å²) in [6.07, 6.45) is 1.33. The van der Waals surface area contributed by atoms with Gasteiger partial charge in [-0.3, -0.25) is 14.9 Å². The molecule has 0 atom stereocenters. The summed E-state index contributed by atoms with van der Waals surface area (Å²) in [5.41, 5.74) is 0.975. The van der Waals surface area contributed by atoms with E-state index < -0.39 is 10.8 Å². The van der Waals surface area contributed by atoms with Gasteiger partial charge >= 0.3 is 0 Å². The van der Waals surface area contributed by atoms with E-state index in [1.54, 1.807) is 42.5 Å². The highest BCUT2D eigenvalue weighted by Crippen LogP contribution is 2.33. The molecule has 0 aliphatic rings. The molecule has 0 aliphatic heterocycles. The number of halogens is 2. The molecule has 3 aromatic rings. The van der Waals surface area contributed by atoms with E-state index in [1.807, 2.05) is 6.07 Å². The van der Waals surface area contributed by atoms with Crippen LogP contribution in [0.25, 0.3) is 17.4 Å². The number of non-ortho nitro benzene ring substituents is 1. The van der Waals surface area contributed by atoms with Gasteiger partial charge < -0.3 is 9.73 Å². The van der Waals surface area contributed by atoms with Crippen LogP contribution < -0.4 is 5.32 Å². The number of carbonyl (C=O) groups is 1. The number of hydrogen-bond acceptors (Lipinski definition) is 5. The highest BCUT2D eigenvalue weighted by atomic mass is 79.9. The maximum Gasteiger partial charge on any atom is 0.270 e. The van der Waals surface area contributed by atoms with Gasteiger partial charge in [0, 0.05) is 38.4 Å². The smallest absolute Gasteiger partial charge is 0.270 e. The van der Waals surface area contributed by atoms with Crippen LogP contribution in [-0.2, 0) is 4.79 Å². The SMILES string of the molecule is N#C/C(=C\c1ccc(-c2ccc([N+](=O)[O-])cc2Br)o1)C(=O)Nc1ccc(Br)cc1. The fourth-order valence-corrected chi connectivity index (χ4v) is 3.24. The number of nitrogens with one attached hydrogen (secondary N) is 1. The maximum absolute atomic E-state index is 12.3. The van der Waals surface area contributed by atoms with Crippen molar-refractivity contribution in [3.63, 3.8) is 0 Å². The molecule has 2 aromatic carbocycles. The van der Waals surface area contributed by atoms with Crippen molar-refractivity contribution >= 4 is 55.2 Å². The summed E-state index contributed by atoms with van der Waals surface area (Å²) in [5, 5.41) is 22.8. The Labute approximate surface area is 182 Å². The molecule has 0 saturated heterocycles. The lowest BCUT2D eigenvalue weighted by atomic mass is 10.1. The number of nitro benzene ring substituents is 1. The predicted molar refractivity (Wildman–Crippen MR) is 115 cm³/mol. The Bertz CT molecular complexity index is 1160. The van der Waals surface area contributed by atoms with Gasteiger partial charge in [-0.25, -0.2) is 0 Å². The fourth-order valence-electron chi connectivity index (χ4n) is 2.42.